The highest BCUT2D eigenvalue weighted by atomic mass is 79.9. The Kier molecular flexibility index (Phi) is 4.95. The number of carbonyl (C=O) groups excluding carboxylic acids is 1. The highest BCUT2D eigenvalue weighted by molar-refractivity contribution is 9.10. The van der Waals surface area contributed by atoms with Crippen molar-refractivity contribution in [3.63, 3.8) is 0 Å². The van der Waals surface area contributed by atoms with E-state index in [1.165, 1.54) is 0 Å². The zero-order valence-electron chi connectivity index (χ0n) is 10.6. The lowest BCUT2D eigenvalue weighted by atomic mass is 10.0. The number of aryl methyl sites for hydroxylation is 1. The summed E-state index contributed by atoms with van der Waals surface area (Å²) in [7, 11) is 1.77. The predicted molar refractivity (Wildman–Crippen MR) is 71.5 cm³/mol. The number of nitrogens with one attached hydrogen (secondary N) is 1. The van der Waals surface area contributed by atoms with Crippen LogP contribution >= 0.6 is 15.9 Å². The molecule has 18 heavy (non-hydrogen) atoms. The second kappa shape index (κ2) is 6.04. The van der Waals surface area contributed by atoms with Gasteiger partial charge in [-0.15, -0.1) is 0 Å². The summed E-state index contributed by atoms with van der Waals surface area (Å²) >= 11 is 3.29. The molecular weight excluding hydrogens is 300 g/mol. The van der Waals surface area contributed by atoms with E-state index in [9.17, 15) is 9.59 Å². The van der Waals surface area contributed by atoms with E-state index in [0.717, 1.165) is 4.47 Å². The molecule has 0 aromatic carbocycles. The third-order valence-corrected chi connectivity index (χ3v) is 3.15. The molecule has 0 bridgehead atoms. The monoisotopic (exact) mass is 316 g/mol. The van der Waals surface area contributed by atoms with Crippen LogP contribution in [0.5, 0.6) is 0 Å². The molecule has 0 radical (unpaired) electrons. The fourth-order valence-electron chi connectivity index (χ4n) is 1.63. The Morgan fingerprint density at radius 3 is 2.50 bits per heavy atom. The molecule has 1 heterocycles. The van der Waals surface area contributed by atoms with E-state index in [2.05, 4.69) is 21.2 Å². The van der Waals surface area contributed by atoms with Gasteiger partial charge in [-0.2, -0.15) is 0 Å². The predicted octanol–water partition coefficient (Wildman–Crippen LogP) is 2.02. The second-order valence-electron chi connectivity index (χ2n) is 4.58. The van der Waals surface area contributed by atoms with Gasteiger partial charge in [-0.05, 0) is 27.9 Å². The van der Waals surface area contributed by atoms with Crippen LogP contribution in [0.25, 0.3) is 0 Å². The molecule has 0 aliphatic carbocycles. The third-order valence-electron chi connectivity index (χ3n) is 2.72. The molecular formula is C12H17BrN2O3. The summed E-state index contributed by atoms with van der Waals surface area (Å²) in [6, 6.07) is 1.33. The molecule has 100 valence electrons. The molecule has 0 aliphatic rings. The van der Waals surface area contributed by atoms with Crippen molar-refractivity contribution in [1.82, 2.24) is 9.88 Å². The Labute approximate surface area is 114 Å². The van der Waals surface area contributed by atoms with E-state index in [4.69, 9.17) is 5.11 Å². The van der Waals surface area contributed by atoms with Crippen molar-refractivity contribution >= 4 is 27.8 Å². The molecule has 0 spiro atoms. The van der Waals surface area contributed by atoms with Crippen molar-refractivity contribution in [1.29, 1.82) is 0 Å². The molecule has 1 aromatic heterocycles. The van der Waals surface area contributed by atoms with E-state index in [0.29, 0.717) is 5.69 Å². The highest BCUT2D eigenvalue weighted by Crippen LogP contribution is 2.14. The van der Waals surface area contributed by atoms with Crippen LogP contribution in [-0.2, 0) is 11.8 Å². The molecule has 1 atom stereocenters. The fourth-order valence-corrected chi connectivity index (χ4v) is 2.16. The number of halogens is 1. The smallest absolute Gasteiger partial charge is 0.305 e. The maximum absolute atomic E-state index is 12.0. The molecule has 1 aromatic rings. The Morgan fingerprint density at radius 2 is 2.11 bits per heavy atom. The number of carboxylic acid groups (broad SMARTS) is 1. The lowest BCUT2D eigenvalue weighted by Gasteiger charge is -2.20. The number of aromatic nitrogens is 1. The molecule has 0 aliphatic heterocycles. The van der Waals surface area contributed by atoms with Crippen molar-refractivity contribution in [3.8, 4) is 0 Å². The Balaban J connectivity index is 2.78. The minimum Gasteiger partial charge on any atom is -0.481 e. The first-order chi connectivity index (χ1) is 8.31. The Morgan fingerprint density at radius 1 is 1.50 bits per heavy atom. The average molecular weight is 317 g/mol. The van der Waals surface area contributed by atoms with Crippen LogP contribution < -0.4 is 5.32 Å². The summed E-state index contributed by atoms with van der Waals surface area (Å²) in [5.74, 6) is -1.11. The number of amides is 1. The highest BCUT2D eigenvalue weighted by Gasteiger charge is 2.21. The van der Waals surface area contributed by atoms with Gasteiger partial charge in [0.05, 0.1) is 6.42 Å². The van der Waals surface area contributed by atoms with Crippen LogP contribution in [0.15, 0.2) is 16.7 Å². The topological polar surface area (TPSA) is 71.3 Å². The van der Waals surface area contributed by atoms with Gasteiger partial charge >= 0.3 is 5.97 Å². The van der Waals surface area contributed by atoms with Gasteiger partial charge in [0.2, 0.25) is 0 Å². The van der Waals surface area contributed by atoms with Crippen molar-refractivity contribution < 1.29 is 14.7 Å². The zero-order valence-corrected chi connectivity index (χ0v) is 12.2. The van der Waals surface area contributed by atoms with Gasteiger partial charge in [-0.25, -0.2) is 0 Å². The van der Waals surface area contributed by atoms with Crippen molar-refractivity contribution in [3.05, 3.63) is 22.4 Å². The molecule has 1 rings (SSSR count). The first-order valence-electron chi connectivity index (χ1n) is 5.65. The van der Waals surface area contributed by atoms with Crippen LogP contribution in [0.1, 0.15) is 30.8 Å². The summed E-state index contributed by atoms with van der Waals surface area (Å²) in [5, 5.41) is 11.6. The molecule has 1 unspecified atom stereocenters. The minimum atomic E-state index is -0.915. The summed E-state index contributed by atoms with van der Waals surface area (Å²) in [5.41, 5.74) is 0.498. The first kappa shape index (κ1) is 14.8. The molecule has 5 nitrogen and oxygen atoms in total. The SMILES string of the molecule is CC(C)C(CC(=O)O)NC(=O)c1cc(Br)cn1C. The van der Waals surface area contributed by atoms with E-state index < -0.39 is 5.97 Å². The largest absolute Gasteiger partial charge is 0.481 e. The van der Waals surface area contributed by atoms with Gasteiger partial charge in [-0.1, -0.05) is 13.8 Å². The number of nitrogens with zero attached hydrogens (tertiary/aromatic N) is 1. The van der Waals surface area contributed by atoms with Gasteiger partial charge in [0.1, 0.15) is 5.69 Å². The number of hydrogen-bond donors (Lipinski definition) is 2. The Bertz CT molecular complexity index is 454. The second-order valence-corrected chi connectivity index (χ2v) is 5.49. The van der Waals surface area contributed by atoms with E-state index in [1.807, 2.05) is 13.8 Å². The van der Waals surface area contributed by atoms with Crippen LogP contribution in [0.3, 0.4) is 0 Å². The quantitative estimate of drug-likeness (QED) is 0.873. The van der Waals surface area contributed by atoms with Crippen LogP contribution in [-0.4, -0.2) is 27.6 Å². The van der Waals surface area contributed by atoms with Gasteiger partial charge in [-0.3, -0.25) is 9.59 Å². The van der Waals surface area contributed by atoms with E-state index in [1.54, 1.807) is 23.9 Å². The van der Waals surface area contributed by atoms with Crippen LogP contribution in [0, 0.1) is 5.92 Å². The maximum Gasteiger partial charge on any atom is 0.305 e. The molecule has 0 fully saturated rings. The summed E-state index contributed by atoms with van der Waals surface area (Å²) in [6.07, 6.45) is 1.70. The van der Waals surface area contributed by atoms with Crippen molar-refractivity contribution in [2.45, 2.75) is 26.3 Å². The number of aliphatic carboxylic acids is 1. The fraction of sp³-hybridized carbons (Fsp3) is 0.500. The van der Waals surface area contributed by atoms with Gasteiger partial charge in [0.25, 0.3) is 5.91 Å². The molecule has 0 saturated carbocycles. The van der Waals surface area contributed by atoms with Crippen molar-refractivity contribution in [2.24, 2.45) is 13.0 Å². The van der Waals surface area contributed by atoms with E-state index in [-0.39, 0.29) is 24.3 Å². The van der Waals surface area contributed by atoms with Gasteiger partial charge in [0.15, 0.2) is 0 Å². The Hall–Kier alpha value is -1.30. The number of rotatable bonds is 5. The molecule has 1 amide bonds. The standard InChI is InChI=1S/C12H17BrN2O3/c1-7(2)9(5-11(16)17)14-12(18)10-4-8(13)6-15(10)3/h4,6-7,9H,5H2,1-3H3,(H,14,18)(H,16,17). The summed E-state index contributed by atoms with van der Waals surface area (Å²) in [4.78, 5) is 22.8. The third kappa shape index (κ3) is 3.87. The van der Waals surface area contributed by atoms with Crippen LogP contribution in [0.4, 0.5) is 0 Å². The zero-order chi connectivity index (χ0) is 13.9. The minimum absolute atomic E-state index is 0.0637. The van der Waals surface area contributed by atoms with E-state index >= 15 is 0 Å². The number of carboxylic acids is 1. The normalized spacial score (nSPS) is 12.5. The lowest BCUT2D eigenvalue weighted by Crippen LogP contribution is -2.40. The van der Waals surface area contributed by atoms with Crippen molar-refractivity contribution in [2.75, 3.05) is 0 Å². The first-order valence-corrected chi connectivity index (χ1v) is 6.45. The van der Waals surface area contributed by atoms with Gasteiger partial charge < -0.3 is 15.0 Å². The number of hydrogen-bond acceptors (Lipinski definition) is 2. The maximum atomic E-state index is 12.0. The summed E-state index contributed by atoms with van der Waals surface area (Å²) < 4.78 is 2.51. The molecule has 6 heteroatoms. The lowest BCUT2D eigenvalue weighted by molar-refractivity contribution is -0.137. The number of carbonyl (C=O) groups is 2. The molecule has 0 saturated heterocycles. The van der Waals surface area contributed by atoms with Crippen LogP contribution in [0.2, 0.25) is 0 Å². The summed E-state index contributed by atoms with van der Waals surface area (Å²) in [6.45, 7) is 3.77. The van der Waals surface area contributed by atoms with Gasteiger partial charge in [0, 0.05) is 23.8 Å². The average Bonchev–Trinajstić information content (AvgIpc) is 2.56. The molecule has 2 N–H and O–H groups in total.